The molecule has 29 heavy (non-hydrogen) atoms. The van der Waals surface area contributed by atoms with Crippen LogP contribution in [0, 0.1) is 0 Å². The van der Waals surface area contributed by atoms with Crippen LogP contribution in [0.25, 0.3) is 0 Å². The van der Waals surface area contributed by atoms with E-state index in [0.29, 0.717) is 0 Å². The zero-order valence-corrected chi connectivity index (χ0v) is 21.9. The van der Waals surface area contributed by atoms with Gasteiger partial charge < -0.3 is 0 Å². The topological polar surface area (TPSA) is 18.5 Å². The summed E-state index contributed by atoms with van der Waals surface area (Å²) in [5.74, 6) is 2.15. The van der Waals surface area contributed by atoms with Crippen LogP contribution in [0.1, 0.15) is 77.3 Å². The zero-order chi connectivity index (χ0) is 21.0. The zero-order valence-electron chi connectivity index (χ0n) is 19.0. The van der Waals surface area contributed by atoms with Gasteiger partial charge >= 0.3 is 184 Å². The molecule has 0 saturated heterocycles. The fourth-order valence-electron chi connectivity index (χ4n) is 3.80. The third kappa shape index (κ3) is 7.55. The molecule has 0 N–H and O–H groups in total. The molecule has 0 spiro atoms. The fraction of sp³-hybridized carbons (Fsp3) is 0.538. The fourth-order valence-corrected chi connectivity index (χ4v) is 14.3. The number of aryl methyl sites for hydroxylation is 2. The predicted octanol–water partition coefficient (Wildman–Crippen LogP) is 8.09. The number of hydrogen-bond acceptors (Lipinski definition) is 2. The van der Waals surface area contributed by atoms with E-state index in [0.717, 1.165) is 46.1 Å². The summed E-state index contributed by atoms with van der Waals surface area (Å²) in [6, 6.07) is 17.2. The van der Waals surface area contributed by atoms with Crippen molar-refractivity contribution in [1.82, 2.24) is 0 Å². The molecule has 0 aliphatic rings. The average molecular weight is 503 g/mol. The summed E-state index contributed by atoms with van der Waals surface area (Å²) in [6.45, 7) is 9.01. The van der Waals surface area contributed by atoms with E-state index in [1.54, 1.807) is 0 Å². The first-order chi connectivity index (χ1) is 14.2. The SMILES string of the molecule is CCC[CH2][Sn]([CH2]CCC)([O]c1ccccc1CCC)[O]c1ccccc1CCC. The number of unbranched alkanes of at least 4 members (excludes halogenated alkanes) is 2. The van der Waals surface area contributed by atoms with Gasteiger partial charge in [-0.1, -0.05) is 0 Å². The van der Waals surface area contributed by atoms with E-state index in [1.807, 2.05) is 0 Å². The number of hydrogen-bond donors (Lipinski definition) is 0. The molecule has 0 bridgehead atoms. The summed E-state index contributed by atoms with van der Waals surface area (Å²) in [5, 5.41) is 0. The maximum absolute atomic E-state index is 7.01. The van der Waals surface area contributed by atoms with Gasteiger partial charge in [-0.15, -0.1) is 0 Å². The predicted molar refractivity (Wildman–Crippen MR) is 127 cm³/mol. The third-order valence-corrected chi connectivity index (χ3v) is 15.1. The molecular formula is C26H40O2Sn. The normalized spacial score (nSPS) is 11.4. The van der Waals surface area contributed by atoms with Crippen LogP contribution in [0.2, 0.25) is 8.87 Å². The first kappa shape index (κ1) is 24.1. The Labute approximate surface area is 184 Å². The van der Waals surface area contributed by atoms with Gasteiger partial charge in [0, 0.05) is 0 Å². The van der Waals surface area contributed by atoms with Crippen molar-refractivity contribution in [3.8, 4) is 11.5 Å². The van der Waals surface area contributed by atoms with Crippen LogP contribution < -0.4 is 6.15 Å². The molecular weight excluding hydrogens is 463 g/mol. The Bertz CT molecular complexity index is 652. The molecule has 0 radical (unpaired) electrons. The van der Waals surface area contributed by atoms with Gasteiger partial charge in [0.2, 0.25) is 0 Å². The van der Waals surface area contributed by atoms with Crippen LogP contribution in [-0.2, 0) is 12.8 Å². The van der Waals surface area contributed by atoms with E-state index in [2.05, 4.69) is 76.2 Å². The van der Waals surface area contributed by atoms with Crippen molar-refractivity contribution in [3.63, 3.8) is 0 Å². The van der Waals surface area contributed by atoms with E-state index in [1.165, 1.54) is 36.8 Å². The minimum atomic E-state index is -3.38. The molecule has 2 nitrogen and oxygen atoms in total. The van der Waals surface area contributed by atoms with Crippen LogP contribution in [0.5, 0.6) is 11.5 Å². The Hall–Kier alpha value is -1.16. The van der Waals surface area contributed by atoms with E-state index < -0.39 is 19.2 Å². The van der Waals surface area contributed by atoms with Gasteiger partial charge in [-0.05, 0) is 0 Å². The molecule has 3 heteroatoms. The molecule has 0 aromatic heterocycles. The Morgan fingerprint density at radius 1 is 0.586 bits per heavy atom. The van der Waals surface area contributed by atoms with Crippen molar-refractivity contribution in [1.29, 1.82) is 0 Å². The monoisotopic (exact) mass is 504 g/mol. The second-order valence-electron chi connectivity index (χ2n) is 8.04. The van der Waals surface area contributed by atoms with Crippen molar-refractivity contribution < 1.29 is 6.15 Å². The number of rotatable bonds is 14. The van der Waals surface area contributed by atoms with Gasteiger partial charge in [0.1, 0.15) is 0 Å². The molecule has 2 rings (SSSR count). The number of para-hydroxylation sites is 2. The first-order valence-corrected chi connectivity index (χ1v) is 18.1. The van der Waals surface area contributed by atoms with Crippen molar-refractivity contribution in [2.45, 2.75) is 87.9 Å². The second kappa shape index (κ2) is 13.2. The second-order valence-corrected chi connectivity index (χ2v) is 17.3. The van der Waals surface area contributed by atoms with Crippen molar-refractivity contribution in [3.05, 3.63) is 59.7 Å². The Kier molecular flexibility index (Phi) is 11.0. The summed E-state index contributed by atoms with van der Waals surface area (Å²) < 4.78 is 16.3. The molecule has 0 unspecified atom stereocenters. The maximum atomic E-state index is 7.01. The molecule has 0 fully saturated rings. The molecule has 2 aromatic rings. The summed E-state index contributed by atoms with van der Waals surface area (Å²) in [7, 11) is 0. The van der Waals surface area contributed by atoms with Crippen LogP contribution in [0.3, 0.4) is 0 Å². The van der Waals surface area contributed by atoms with Gasteiger partial charge in [0.05, 0.1) is 0 Å². The summed E-state index contributed by atoms with van der Waals surface area (Å²) in [5.41, 5.74) is 2.66. The van der Waals surface area contributed by atoms with Crippen LogP contribution >= 0.6 is 0 Å². The standard InChI is InChI=1S/2C9H12O.2C4H9.Sn/c2*1-2-5-8-6-3-4-7-9(8)10;2*1-3-4-2;/h2*3-4,6-7,10H,2,5H2,1H3;2*1,3-4H2,2H3;/q;;;;+2/p-2. The average Bonchev–Trinajstić information content (AvgIpc) is 2.74. The number of benzene rings is 2. The van der Waals surface area contributed by atoms with Crippen LogP contribution in [0.4, 0.5) is 0 Å². The summed E-state index contributed by atoms with van der Waals surface area (Å²) in [4.78, 5) is 0. The van der Waals surface area contributed by atoms with Gasteiger partial charge in [-0.3, -0.25) is 0 Å². The van der Waals surface area contributed by atoms with E-state index in [4.69, 9.17) is 6.15 Å². The Balaban J connectivity index is 2.41. The minimum absolute atomic E-state index is 1.06. The molecule has 0 amide bonds. The quantitative estimate of drug-likeness (QED) is 0.243. The van der Waals surface area contributed by atoms with Gasteiger partial charge in [-0.2, -0.15) is 0 Å². The van der Waals surface area contributed by atoms with Gasteiger partial charge in [-0.25, -0.2) is 0 Å². The Morgan fingerprint density at radius 3 is 1.38 bits per heavy atom. The van der Waals surface area contributed by atoms with Crippen LogP contribution in [0.15, 0.2) is 48.5 Å². The third-order valence-electron chi connectivity index (χ3n) is 5.40. The van der Waals surface area contributed by atoms with Gasteiger partial charge in [0.15, 0.2) is 0 Å². The molecule has 0 aliphatic heterocycles. The van der Waals surface area contributed by atoms with E-state index in [-0.39, 0.29) is 0 Å². The summed E-state index contributed by atoms with van der Waals surface area (Å²) in [6.07, 6.45) is 9.13. The van der Waals surface area contributed by atoms with E-state index in [9.17, 15) is 0 Å². The summed E-state index contributed by atoms with van der Waals surface area (Å²) >= 11 is -3.38. The molecule has 0 aliphatic carbocycles. The van der Waals surface area contributed by atoms with E-state index >= 15 is 0 Å². The molecule has 2 aromatic carbocycles. The molecule has 0 saturated carbocycles. The molecule has 0 heterocycles. The Morgan fingerprint density at radius 2 is 1.00 bits per heavy atom. The van der Waals surface area contributed by atoms with Gasteiger partial charge in [0.25, 0.3) is 0 Å². The van der Waals surface area contributed by atoms with Crippen molar-refractivity contribution >= 4 is 19.2 Å². The molecule has 0 atom stereocenters. The van der Waals surface area contributed by atoms with Crippen LogP contribution in [-0.4, -0.2) is 19.2 Å². The van der Waals surface area contributed by atoms with Crippen molar-refractivity contribution in [2.24, 2.45) is 0 Å². The van der Waals surface area contributed by atoms with Crippen molar-refractivity contribution in [2.75, 3.05) is 0 Å². The first-order valence-electron chi connectivity index (χ1n) is 11.7. The molecule has 160 valence electrons.